The number of carbonyl (C=O) groups excluding carboxylic acids is 1. The number of piperidine rings is 1. The molecule has 0 bridgehead atoms. The molecule has 0 saturated carbocycles. The lowest BCUT2D eigenvalue weighted by Gasteiger charge is -2.30. The topological polar surface area (TPSA) is 72.5 Å². The minimum absolute atomic E-state index is 0.0488. The summed E-state index contributed by atoms with van der Waals surface area (Å²) < 4.78 is 3.58. The standard InChI is InChI=1S/C20H25N5O2S/c1-3-10-24-18(27)15-8-4-5-9-16(15)25-19(24)21-22-20(25)28-13-17(26)23-11-6-7-14(2)12-23/h4-5,8-9,14H,3,6-7,10-13H2,1-2H3. The predicted molar refractivity (Wildman–Crippen MR) is 111 cm³/mol. The highest BCUT2D eigenvalue weighted by molar-refractivity contribution is 7.99. The Bertz CT molecular complexity index is 1070. The molecule has 1 saturated heterocycles. The Labute approximate surface area is 167 Å². The Morgan fingerprint density at radius 1 is 1.29 bits per heavy atom. The Morgan fingerprint density at radius 2 is 2.11 bits per heavy atom. The monoisotopic (exact) mass is 399 g/mol. The van der Waals surface area contributed by atoms with Gasteiger partial charge in [-0.25, -0.2) is 0 Å². The molecule has 1 atom stereocenters. The second-order valence-corrected chi connectivity index (χ2v) is 8.41. The Balaban J connectivity index is 1.68. The van der Waals surface area contributed by atoms with Crippen LogP contribution in [0.3, 0.4) is 0 Å². The van der Waals surface area contributed by atoms with Crippen LogP contribution in [-0.4, -0.2) is 48.8 Å². The van der Waals surface area contributed by atoms with E-state index in [0.29, 0.717) is 34.5 Å². The maximum Gasteiger partial charge on any atom is 0.262 e. The molecule has 4 rings (SSSR count). The van der Waals surface area contributed by atoms with Crippen LogP contribution in [0, 0.1) is 5.92 Å². The number of fused-ring (bicyclic) bond motifs is 3. The molecular formula is C20H25N5O2S. The maximum atomic E-state index is 12.9. The molecule has 1 fully saturated rings. The minimum Gasteiger partial charge on any atom is -0.342 e. The number of likely N-dealkylation sites (tertiary alicyclic amines) is 1. The van der Waals surface area contributed by atoms with E-state index in [1.807, 2.05) is 40.5 Å². The van der Waals surface area contributed by atoms with Crippen molar-refractivity contribution in [3.05, 3.63) is 34.6 Å². The molecule has 1 amide bonds. The van der Waals surface area contributed by atoms with Crippen molar-refractivity contribution in [2.24, 2.45) is 5.92 Å². The van der Waals surface area contributed by atoms with Crippen molar-refractivity contribution in [2.45, 2.75) is 44.8 Å². The van der Waals surface area contributed by atoms with Crippen molar-refractivity contribution in [1.29, 1.82) is 0 Å². The van der Waals surface area contributed by atoms with Gasteiger partial charge in [0.05, 0.1) is 16.7 Å². The van der Waals surface area contributed by atoms with Crippen molar-refractivity contribution < 1.29 is 4.79 Å². The van der Waals surface area contributed by atoms with Crippen LogP contribution in [0.2, 0.25) is 0 Å². The molecule has 1 aliphatic rings. The fourth-order valence-corrected chi connectivity index (χ4v) is 4.73. The zero-order valence-corrected chi connectivity index (χ0v) is 17.1. The summed E-state index contributed by atoms with van der Waals surface area (Å²) in [5.41, 5.74) is 0.730. The lowest BCUT2D eigenvalue weighted by atomic mass is 10.0. The van der Waals surface area contributed by atoms with Gasteiger partial charge in [0.1, 0.15) is 0 Å². The van der Waals surface area contributed by atoms with Crippen LogP contribution < -0.4 is 5.56 Å². The van der Waals surface area contributed by atoms with Gasteiger partial charge in [-0.2, -0.15) is 0 Å². The van der Waals surface area contributed by atoms with Crippen molar-refractivity contribution in [3.8, 4) is 0 Å². The van der Waals surface area contributed by atoms with Gasteiger partial charge in [-0.1, -0.05) is 37.7 Å². The van der Waals surface area contributed by atoms with E-state index >= 15 is 0 Å². The van der Waals surface area contributed by atoms with E-state index in [9.17, 15) is 9.59 Å². The molecule has 28 heavy (non-hydrogen) atoms. The quantitative estimate of drug-likeness (QED) is 0.617. The SMILES string of the molecule is CCCn1c(=O)c2ccccc2n2c(SCC(=O)N3CCCC(C)C3)nnc12. The zero-order valence-electron chi connectivity index (χ0n) is 16.3. The number of nitrogens with zero attached hydrogens (tertiary/aromatic N) is 5. The lowest BCUT2D eigenvalue weighted by Crippen LogP contribution is -2.40. The van der Waals surface area contributed by atoms with Crippen LogP contribution in [0.5, 0.6) is 0 Å². The summed E-state index contributed by atoms with van der Waals surface area (Å²) in [6, 6.07) is 7.50. The van der Waals surface area contributed by atoms with Gasteiger partial charge in [-0.05, 0) is 37.3 Å². The van der Waals surface area contributed by atoms with Gasteiger partial charge in [0, 0.05) is 19.6 Å². The van der Waals surface area contributed by atoms with Gasteiger partial charge in [0.25, 0.3) is 5.56 Å². The van der Waals surface area contributed by atoms with Gasteiger partial charge in [-0.3, -0.25) is 18.6 Å². The number of benzene rings is 1. The molecule has 2 aromatic heterocycles. The van der Waals surface area contributed by atoms with Crippen molar-refractivity contribution in [3.63, 3.8) is 0 Å². The number of rotatable bonds is 5. The third kappa shape index (κ3) is 3.41. The number of aromatic nitrogens is 4. The van der Waals surface area contributed by atoms with Crippen LogP contribution in [-0.2, 0) is 11.3 Å². The number of thioether (sulfide) groups is 1. The van der Waals surface area contributed by atoms with Crippen LogP contribution in [0.25, 0.3) is 16.7 Å². The molecule has 0 radical (unpaired) electrons. The van der Waals surface area contributed by atoms with Crippen LogP contribution in [0.15, 0.2) is 34.2 Å². The lowest BCUT2D eigenvalue weighted by molar-refractivity contribution is -0.130. The highest BCUT2D eigenvalue weighted by Gasteiger charge is 2.22. The van der Waals surface area contributed by atoms with E-state index in [-0.39, 0.29) is 11.5 Å². The van der Waals surface area contributed by atoms with Gasteiger partial charge >= 0.3 is 0 Å². The number of para-hydroxylation sites is 1. The third-order valence-electron chi connectivity index (χ3n) is 5.26. The maximum absolute atomic E-state index is 12.9. The number of hydrogen-bond acceptors (Lipinski definition) is 5. The van der Waals surface area contributed by atoms with Gasteiger partial charge < -0.3 is 4.90 Å². The highest BCUT2D eigenvalue weighted by Crippen LogP contribution is 2.23. The van der Waals surface area contributed by atoms with Crippen LogP contribution in [0.4, 0.5) is 0 Å². The van der Waals surface area contributed by atoms with Crippen LogP contribution >= 0.6 is 11.8 Å². The van der Waals surface area contributed by atoms with E-state index in [1.165, 1.54) is 18.2 Å². The first-order chi connectivity index (χ1) is 13.6. The number of amides is 1. The summed E-state index contributed by atoms with van der Waals surface area (Å²) in [6.07, 6.45) is 3.08. The summed E-state index contributed by atoms with van der Waals surface area (Å²) in [5, 5.41) is 9.88. The molecule has 1 aliphatic heterocycles. The predicted octanol–water partition coefficient (Wildman–Crippen LogP) is 2.80. The summed E-state index contributed by atoms with van der Waals surface area (Å²) in [6.45, 7) is 6.48. The average molecular weight is 400 g/mol. The zero-order chi connectivity index (χ0) is 19.7. The molecule has 8 heteroatoms. The fourth-order valence-electron chi connectivity index (χ4n) is 3.89. The number of hydrogen-bond donors (Lipinski definition) is 0. The molecule has 1 unspecified atom stereocenters. The molecule has 148 valence electrons. The molecule has 0 spiro atoms. The second-order valence-electron chi connectivity index (χ2n) is 7.47. The largest absolute Gasteiger partial charge is 0.342 e. The van der Waals surface area contributed by atoms with Crippen molar-refractivity contribution in [2.75, 3.05) is 18.8 Å². The first kappa shape index (κ1) is 19.0. The Kier molecular flexibility index (Phi) is 5.39. The smallest absolute Gasteiger partial charge is 0.262 e. The minimum atomic E-state index is -0.0488. The fraction of sp³-hybridized carbons (Fsp3) is 0.500. The molecule has 0 N–H and O–H groups in total. The molecule has 3 heterocycles. The summed E-state index contributed by atoms with van der Waals surface area (Å²) in [5.74, 6) is 1.56. The van der Waals surface area contributed by atoms with E-state index in [0.717, 1.165) is 31.4 Å². The molecule has 0 aliphatic carbocycles. The van der Waals surface area contributed by atoms with Gasteiger partial charge in [0.15, 0.2) is 5.16 Å². The molecule has 7 nitrogen and oxygen atoms in total. The third-order valence-corrected chi connectivity index (χ3v) is 6.17. The van der Waals surface area contributed by atoms with Gasteiger partial charge in [0.2, 0.25) is 11.7 Å². The normalized spacial score (nSPS) is 17.5. The van der Waals surface area contributed by atoms with E-state index < -0.39 is 0 Å². The van der Waals surface area contributed by atoms with Crippen molar-refractivity contribution in [1.82, 2.24) is 24.1 Å². The number of aryl methyl sites for hydroxylation is 1. The van der Waals surface area contributed by atoms with Gasteiger partial charge in [-0.15, -0.1) is 10.2 Å². The summed E-state index contributed by atoms with van der Waals surface area (Å²) in [7, 11) is 0. The highest BCUT2D eigenvalue weighted by atomic mass is 32.2. The second kappa shape index (κ2) is 7.95. The summed E-state index contributed by atoms with van der Waals surface area (Å²) >= 11 is 1.39. The molecule has 1 aromatic carbocycles. The Hall–Kier alpha value is -2.35. The van der Waals surface area contributed by atoms with E-state index in [2.05, 4.69) is 17.1 Å². The first-order valence-electron chi connectivity index (χ1n) is 9.87. The molecule has 3 aromatic rings. The number of carbonyl (C=O) groups is 1. The van der Waals surface area contributed by atoms with E-state index in [1.54, 1.807) is 4.57 Å². The van der Waals surface area contributed by atoms with Crippen LogP contribution in [0.1, 0.15) is 33.1 Å². The van der Waals surface area contributed by atoms with E-state index in [4.69, 9.17) is 0 Å². The average Bonchev–Trinajstić information content (AvgIpc) is 3.13. The van der Waals surface area contributed by atoms with Crippen molar-refractivity contribution >= 4 is 34.3 Å². The first-order valence-corrected chi connectivity index (χ1v) is 10.9. The summed E-state index contributed by atoms with van der Waals surface area (Å²) in [4.78, 5) is 27.5. The molecular weight excluding hydrogens is 374 g/mol. The Morgan fingerprint density at radius 3 is 2.89 bits per heavy atom.